The summed E-state index contributed by atoms with van der Waals surface area (Å²) in [6.45, 7) is 9.24. The van der Waals surface area contributed by atoms with Gasteiger partial charge in [-0.1, -0.05) is 30.2 Å². The summed E-state index contributed by atoms with van der Waals surface area (Å²) in [4.78, 5) is 8.56. The second-order valence-corrected chi connectivity index (χ2v) is 9.81. The van der Waals surface area contributed by atoms with Crippen molar-refractivity contribution in [2.45, 2.75) is 52.4 Å². The molecule has 26 heavy (non-hydrogen) atoms. The van der Waals surface area contributed by atoms with E-state index in [0.717, 1.165) is 21.9 Å². The third-order valence-corrected chi connectivity index (χ3v) is 6.60. The Hall–Kier alpha value is -1.66. The van der Waals surface area contributed by atoms with Crippen molar-refractivity contribution in [2.24, 2.45) is 0 Å². The predicted octanol–water partition coefficient (Wildman–Crippen LogP) is 4.69. The predicted molar refractivity (Wildman–Crippen MR) is 108 cm³/mol. The maximum absolute atomic E-state index is 12.0. The molecule has 0 spiro atoms. The van der Waals surface area contributed by atoms with E-state index in [-0.39, 0.29) is 11.9 Å². The van der Waals surface area contributed by atoms with Crippen molar-refractivity contribution in [3.63, 3.8) is 0 Å². The van der Waals surface area contributed by atoms with Gasteiger partial charge in [-0.25, -0.2) is 18.4 Å². The molecule has 0 saturated carbocycles. The fourth-order valence-corrected chi connectivity index (χ4v) is 4.05. The molecule has 0 fully saturated rings. The van der Waals surface area contributed by atoms with Crippen LogP contribution in [-0.4, -0.2) is 35.5 Å². The number of ether oxygens (including phenoxy) is 1. The smallest absolute Gasteiger partial charge is 0.223 e. The monoisotopic (exact) mass is 396 g/mol. The molecule has 5 nitrogen and oxygen atoms in total. The first-order chi connectivity index (χ1) is 12.1. The van der Waals surface area contributed by atoms with Gasteiger partial charge in [-0.3, -0.25) is 0 Å². The highest BCUT2D eigenvalue weighted by Gasteiger charge is 2.22. The number of hydrogen-bond acceptors (Lipinski definition) is 5. The zero-order chi connectivity index (χ0) is 19.5. The molecule has 0 radical (unpaired) electrons. The van der Waals surface area contributed by atoms with Crippen molar-refractivity contribution in [3.8, 4) is 5.88 Å². The molecule has 0 unspecified atom stereocenters. The molecule has 0 bridgehead atoms. The quantitative estimate of drug-likeness (QED) is 0.635. The lowest BCUT2D eigenvalue weighted by Gasteiger charge is -2.19. The van der Waals surface area contributed by atoms with E-state index in [1.165, 1.54) is 0 Å². The average molecular weight is 397 g/mol. The lowest BCUT2D eigenvalue weighted by atomic mass is 10.1. The first-order valence-corrected chi connectivity index (χ1v) is 10.7. The van der Waals surface area contributed by atoms with Crippen LogP contribution in [0.4, 0.5) is 0 Å². The standard InChI is InChI=1S/C19H25ClN2O3S/c1-6-26(23,24)14(5)8-13(4)25-19-17-11-21-18(20)9-16(17)15(10-22-19)7-12(2)3/h7,9-11,13-14H,6,8H2,1-5H3/t13-,14-/m1/s1. The highest BCUT2D eigenvalue weighted by Crippen LogP contribution is 2.30. The van der Waals surface area contributed by atoms with Crippen LogP contribution in [0.25, 0.3) is 16.8 Å². The van der Waals surface area contributed by atoms with Crippen LogP contribution in [0.3, 0.4) is 0 Å². The van der Waals surface area contributed by atoms with Crippen LogP contribution in [-0.2, 0) is 9.84 Å². The highest BCUT2D eigenvalue weighted by molar-refractivity contribution is 7.91. The fourth-order valence-electron chi connectivity index (χ4n) is 2.76. The van der Waals surface area contributed by atoms with Gasteiger partial charge >= 0.3 is 0 Å². The number of nitrogens with zero attached hydrogens (tertiary/aromatic N) is 2. The van der Waals surface area contributed by atoms with Gasteiger partial charge in [0.05, 0.1) is 16.7 Å². The Bertz CT molecular complexity index is 922. The molecule has 0 aliphatic heterocycles. The molecule has 2 aromatic rings. The topological polar surface area (TPSA) is 69.2 Å². The molecule has 7 heteroatoms. The molecule has 0 aliphatic rings. The van der Waals surface area contributed by atoms with Crippen LogP contribution in [0.15, 0.2) is 24.0 Å². The SMILES string of the molecule is CCS(=O)(=O)[C@H](C)C[C@@H](C)Oc1ncc(C=C(C)C)c2cc(Cl)ncc12. The van der Waals surface area contributed by atoms with Gasteiger partial charge in [-0.05, 0) is 33.8 Å². The van der Waals surface area contributed by atoms with Crippen LogP contribution in [0.1, 0.15) is 46.6 Å². The molecular formula is C19H25ClN2O3S. The summed E-state index contributed by atoms with van der Waals surface area (Å²) in [5, 5.41) is 1.58. The van der Waals surface area contributed by atoms with Crippen LogP contribution < -0.4 is 4.74 Å². The van der Waals surface area contributed by atoms with Gasteiger partial charge in [0.2, 0.25) is 5.88 Å². The normalized spacial score (nSPS) is 14.1. The maximum Gasteiger partial charge on any atom is 0.223 e. The van der Waals surface area contributed by atoms with E-state index in [0.29, 0.717) is 17.5 Å². The molecule has 2 atom stereocenters. The summed E-state index contributed by atoms with van der Waals surface area (Å²) in [5.74, 6) is 0.561. The van der Waals surface area contributed by atoms with Crippen LogP contribution in [0.5, 0.6) is 5.88 Å². The summed E-state index contributed by atoms with van der Waals surface area (Å²) in [6.07, 6.45) is 5.50. The largest absolute Gasteiger partial charge is 0.474 e. The van der Waals surface area contributed by atoms with Crippen LogP contribution in [0, 0.1) is 0 Å². The summed E-state index contributed by atoms with van der Waals surface area (Å²) in [5.41, 5.74) is 2.08. The van der Waals surface area contributed by atoms with Crippen molar-refractivity contribution in [3.05, 3.63) is 34.7 Å². The maximum atomic E-state index is 12.0. The molecule has 0 saturated heterocycles. The van der Waals surface area contributed by atoms with Gasteiger partial charge in [0.15, 0.2) is 9.84 Å². The second kappa shape index (κ2) is 8.35. The van der Waals surface area contributed by atoms with E-state index in [1.54, 1.807) is 32.3 Å². The fraction of sp³-hybridized carbons (Fsp3) is 0.474. The third-order valence-electron chi connectivity index (χ3n) is 4.17. The van der Waals surface area contributed by atoms with Crippen molar-refractivity contribution in [1.82, 2.24) is 9.97 Å². The van der Waals surface area contributed by atoms with Crippen LogP contribution >= 0.6 is 11.6 Å². The third kappa shape index (κ3) is 4.95. The Morgan fingerprint density at radius 1 is 1.23 bits per heavy atom. The second-order valence-electron chi connectivity index (χ2n) is 6.72. The first-order valence-electron chi connectivity index (χ1n) is 8.61. The number of allylic oxidation sites excluding steroid dienone is 1. The van der Waals surface area contributed by atoms with Gasteiger partial charge in [0.1, 0.15) is 5.15 Å². The van der Waals surface area contributed by atoms with Gasteiger partial charge < -0.3 is 4.74 Å². The van der Waals surface area contributed by atoms with Crippen LogP contribution in [0.2, 0.25) is 5.15 Å². The number of fused-ring (bicyclic) bond motifs is 1. The molecule has 0 N–H and O–H groups in total. The van der Waals surface area contributed by atoms with Crippen molar-refractivity contribution in [2.75, 3.05) is 5.75 Å². The minimum Gasteiger partial charge on any atom is -0.474 e. The number of halogens is 1. The van der Waals surface area contributed by atoms with E-state index in [4.69, 9.17) is 16.3 Å². The van der Waals surface area contributed by atoms with Crippen molar-refractivity contribution >= 4 is 38.3 Å². The zero-order valence-electron chi connectivity index (χ0n) is 15.8. The molecule has 0 amide bonds. The van der Waals surface area contributed by atoms with E-state index in [1.807, 2.05) is 26.8 Å². The van der Waals surface area contributed by atoms with Crippen molar-refractivity contribution < 1.29 is 13.2 Å². The average Bonchev–Trinajstić information content (AvgIpc) is 2.56. The summed E-state index contributed by atoms with van der Waals surface area (Å²) in [6, 6.07) is 1.79. The van der Waals surface area contributed by atoms with Gasteiger partial charge in [0.25, 0.3) is 0 Å². The Morgan fingerprint density at radius 2 is 1.92 bits per heavy atom. The minimum atomic E-state index is -3.09. The molecule has 2 heterocycles. The molecule has 0 aliphatic carbocycles. The zero-order valence-corrected chi connectivity index (χ0v) is 17.4. The number of sulfone groups is 1. The summed E-state index contributed by atoms with van der Waals surface area (Å²) < 4.78 is 29.9. The highest BCUT2D eigenvalue weighted by atomic mass is 35.5. The molecular weight excluding hydrogens is 372 g/mol. The Labute approximate surface area is 160 Å². The number of pyridine rings is 2. The summed E-state index contributed by atoms with van der Waals surface area (Å²) >= 11 is 6.06. The Balaban J connectivity index is 2.35. The van der Waals surface area contributed by atoms with Gasteiger partial charge in [0, 0.05) is 35.5 Å². The number of aromatic nitrogens is 2. The van der Waals surface area contributed by atoms with E-state index < -0.39 is 15.1 Å². The molecule has 0 aromatic carbocycles. The van der Waals surface area contributed by atoms with E-state index in [9.17, 15) is 8.42 Å². The molecule has 2 aromatic heterocycles. The summed E-state index contributed by atoms with van der Waals surface area (Å²) in [7, 11) is -3.09. The lowest BCUT2D eigenvalue weighted by molar-refractivity contribution is 0.205. The minimum absolute atomic E-state index is 0.127. The Kier molecular flexibility index (Phi) is 6.64. The first kappa shape index (κ1) is 20.6. The Morgan fingerprint density at radius 3 is 2.54 bits per heavy atom. The van der Waals surface area contributed by atoms with Crippen molar-refractivity contribution in [1.29, 1.82) is 0 Å². The van der Waals surface area contributed by atoms with Gasteiger partial charge in [-0.2, -0.15) is 0 Å². The number of hydrogen-bond donors (Lipinski definition) is 0. The lowest BCUT2D eigenvalue weighted by Crippen LogP contribution is -2.26. The number of rotatable bonds is 7. The molecule has 2 rings (SSSR count). The van der Waals surface area contributed by atoms with E-state index >= 15 is 0 Å². The van der Waals surface area contributed by atoms with E-state index in [2.05, 4.69) is 9.97 Å². The van der Waals surface area contributed by atoms with Gasteiger partial charge in [-0.15, -0.1) is 0 Å². The molecule has 142 valence electrons.